The first-order chi connectivity index (χ1) is 9.69. The summed E-state index contributed by atoms with van der Waals surface area (Å²) in [5.74, 6) is -0.850. The molecule has 0 amide bonds. The van der Waals surface area contributed by atoms with E-state index < -0.39 is 11.6 Å². The Morgan fingerprint density at radius 2 is 2.00 bits per heavy atom. The number of hydrogen-bond acceptors (Lipinski definition) is 4. The van der Waals surface area contributed by atoms with Crippen LogP contribution in [0.3, 0.4) is 0 Å². The average Bonchev–Trinajstić information content (AvgIpc) is 2.77. The number of hydrogen-bond donors (Lipinski definition) is 1. The molecule has 0 aromatic carbocycles. The lowest BCUT2D eigenvalue weighted by molar-refractivity contribution is 0.273. The van der Waals surface area contributed by atoms with E-state index in [1.165, 1.54) is 6.42 Å². The molecule has 1 aromatic rings. The Morgan fingerprint density at radius 3 is 2.80 bits per heavy atom. The van der Waals surface area contributed by atoms with Gasteiger partial charge in [0.15, 0.2) is 23.3 Å². The van der Waals surface area contributed by atoms with E-state index in [1.807, 2.05) is 4.90 Å². The maximum Gasteiger partial charge on any atom is 0.168 e. The molecule has 3 rings (SSSR count). The quantitative estimate of drug-likeness (QED) is 0.900. The predicted octanol–water partition coefficient (Wildman–Crippen LogP) is 2.08. The van der Waals surface area contributed by atoms with Crippen molar-refractivity contribution in [1.82, 2.24) is 9.88 Å². The van der Waals surface area contributed by atoms with Crippen molar-refractivity contribution < 1.29 is 8.78 Å². The van der Waals surface area contributed by atoms with Crippen LogP contribution in [0.5, 0.6) is 0 Å². The van der Waals surface area contributed by atoms with Crippen LogP contribution >= 0.6 is 0 Å². The summed E-state index contributed by atoms with van der Waals surface area (Å²) in [4.78, 5) is 8.55. The van der Waals surface area contributed by atoms with E-state index in [1.54, 1.807) is 7.05 Å². The summed E-state index contributed by atoms with van der Waals surface area (Å²) in [5.41, 5.74) is 0. The fraction of sp³-hybridized carbons (Fsp3) is 0.643. The fourth-order valence-electron chi connectivity index (χ4n) is 3.25. The van der Waals surface area contributed by atoms with Crippen LogP contribution in [-0.4, -0.2) is 49.2 Å². The first kappa shape index (κ1) is 13.5. The topological polar surface area (TPSA) is 31.4 Å². The minimum atomic E-state index is -0.647. The average molecular weight is 282 g/mol. The normalized spacial score (nSPS) is 23.6. The Balaban J connectivity index is 1.87. The first-order valence-electron chi connectivity index (χ1n) is 7.22. The van der Waals surface area contributed by atoms with Gasteiger partial charge in [0.05, 0.1) is 0 Å². The second-order valence-electron chi connectivity index (χ2n) is 5.51. The molecule has 20 heavy (non-hydrogen) atoms. The lowest BCUT2D eigenvalue weighted by Crippen LogP contribution is -2.37. The van der Waals surface area contributed by atoms with Gasteiger partial charge in [-0.05, 0) is 25.8 Å². The van der Waals surface area contributed by atoms with Crippen LogP contribution in [0.2, 0.25) is 0 Å². The molecule has 0 saturated carbocycles. The zero-order valence-electron chi connectivity index (χ0n) is 11.7. The van der Waals surface area contributed by atoms with Crippen LogP contribution in [0, 0.1) is 11.6 Å². The zero-order chi connectivity index (χ0) is 14.1. The van der Waals surface area contributed by atoms with Crippen LogP contribution in [0.1, 0.15) is 19.3 Å². The van der Waals surface area contributed by atoms with Gasteiger partial charge in [-0.25, -0.2) is 13.8 Å². The maximum atomic E-state index is 14.0. The highest BCUT2D eigenvalue weighted by molar-refractivity contribution is 5.49. The summed E-state index contributed by atoms with van der Waals surface area (Å²) in [6, 6.07) is 1.40. The molecule has 0 spiro atoms. The Labute approximate surface area is 117 Å². The predicted molar refractivity (Wildman–Crippen MR) is 75.1 cm³/mol. The van der Waals surface area contributed by atoms with Crippen molar-refractivity contribution in [2.24, 2.45) is 0 Å². The number of nitrogens with zero attached hydrogens (tertiary/aromatic N) is 3. The van der Waals surface area contributed by atoms with Crippen molar-refractivity contribution >= 4 is 11.6 Å². The van der Waals surface area contributed by atoms with Crippen molar-refractivity contribution in [2.45, 2.75) is 25.3 Å². The number of rotatable bonds is 2. The largest absolute Gasteiger partial charge is 0.371 e. The lowest BCUT2D eigenvalue weighted by atomic mass is 10.2. The second kappa shape index (κ2) is 5.52. The second-order valence-corrected chi connectivity index (χ2v) is 5.51. The molecule has 0 aliphatic carbocycles. The van der Waals surface area contributed by atoms with Crippen LogP contribution < -0.4 is 10.2 Å². The molecule has 0 bridgehead atoms. The van der Waals surface area contributed by atoms with E-state index in [2.05, 4.69) is 15.2 Å². The number of aromatic nitrogens is 1. The molecule has 4 nitrogen and oxygen atoms in total. The molecule has 2 fully saturated rings. The molecule has 1 unspecified atom stereocenters. The van der Waals surface area contributed by atoms with Gasteiger partial charge in [-0.2, -0.15) is 0 Å². The van der Waals surface area contributed by atoms with Crippen molar-refractivity contribution in [3.05, 3.63) is 17.7 Å². The fourth-order valence-corrected chi connectivity index (χ4v) is 3.25. The zero-order valence-corrected chi connectivity index (χ0v) is 11.7. The van der Waals surface area contributed by atoms with Gasteiger partial charge in [0, 0.05) is 38.8 Å². The number of anilines is 2. The van der Waals surface area contributed by atoms with Crippen LogP contribution in [0.4, 0.5) is 20.4 Å². The minimum absolute atomic E-state index is 0.105. The molecule has 2 saturated heterocycles. The van der Waals surface area contributed by atoms with Crippen molar-refractivity contribution in [2.75, 3.05) is 43.4 Å². The van der Waals surface area contributed by atoms with Gasteiger partial charge in [-0.1, -0.05) is 0 Å². The van der Waals surface area contributed by atoms with E-state index in [-0.39, 0.29) is 11.6 Å². The third kappa shape index (κ3) is 2.44. The summed E-state index contributed by atoms with van der Waals surface area (Å²) < 4.78 is 27.5. The molecular formula is C14H20F2N4. The van der Waals surface area contributed by atoms with Gasteiger partial charge in [0.1, 0.15) is 0 Å². The van der Waals surface area contributed by atoms with Gasteiger partial charge in [0.2, 0.25) is 0 Å². The third-order valence-corrected chi connectivity index (χ3v) is 4.25. The molecule has 2 aliphatic heterocycles. The first-order valence-corrected chi connectivity index (χ1v) is 7.22. The highest BCUT2D eigenvalue weighted by Gasteiger charge is 2.30. The molecule has 0 radical (unpaired) electrons. The van der Waals surface area contributed by atoms with Gasteiger partial charge in [0.25, 0.3) is 0 Å². The van der Waals surface area contributed by atoms with Gasteiger partial charge in [-0.3, -0.25) is 4.90 Å². The number of pyridine rings is 1. The maximum absolute atomic E-state index is 14.0. The Kier molecular flexibility index (Phi) is 3.74. The van der Waals surface area contributed by atoms with Crippen LogP contribution in [-0.2, 0) is 0 Å². The SMILES string of the molecule is CNc1nc(N2CCCN3CCCC3C2)c(F)cc1F. The highest BCUT2D eigenvalue weighted by Crippen LogP contribution is 2.27. The number of nitrogens with one attached hydrogen (secondary N) is 1. The summed E-state index contributed by atoms with van der Waals surface area (Å²) in [6.45, 7) is 3.74. The van der Waals surface area contributed by atoms with E-state index in [0.29, 0.717) is 6.04 Å². The summed E-state index contributed by atoms with van der Waals surface area (Å²) in [6.07, 6.45) is 3.35. The standard InChI is InChI=1S/C14H20F2N4/c1-17-13-11(15)8-12(16)14(18-13)20-7-3-6-19-5-2-4-10(19)9-20/h8,10H,2-7,9H2,1H3,(H,17,18). The molecule has 1 N–H and O–H groups in total. The monoisotopic (exact) mass is 282 g/mol. The van der Waals surface area contributed by atoms with E-state index in [9.17, 15) is 8.78 Å². The van der Waals surface area contributed by atoms with Crippen LogP contribution in [0.15, 0.2) is 6.07 Å². The van der Waals surface area contributed by atoms with Gasteiger partial charge in [-0.15, -0.1) is 0 Å². The Bertz CT molecular complexity index is 494. The van der Waals surface area contributed by atoms with Gasteiger partial charge < -0.3 is 10.2 Å². The van der Waals surface area contributed by atoms with E-state index in [0.717, 1.165) is 45.1 Å². The number of halogens is 2. The molecule has 1 aromatic heterocycles. The molecule has 3 heterocycles. The summed E-state index contributed by atoms with van der Waals surface area (Å²) >= 11 is 0. The number of fused-ring (bicyclic) bond motifs is 1. The molecule has 1 atom stereocenters. The summed E-state index contributed by atoms with van der Waals surface area (Å²) in [5, 5.41) is 2.67. The van der Waals surface area contributed by atoms with E-state index >= 15 is 0 Å². The van der Waals surface area contributed by atoms with Crippen molar-refractivity contribution in [1.29, 1.82) is 0 Å². The van der Waals surface area contributed by atoms with Crippen LogP contribution in [0.25, 0.3) is 0 Å². The molecule has 110 valence electrons. The Hall–Kier alpha value is -1.43. The molecule has 6 heteroatoms. The van der Waals surface area contributed by atoms with E-state index in [4.69, 9.17) is 0 Å². The molecule has 2 aliphatic rings. The summed E-state index contributed by atoms with van der Waals surface area (Å²) in [7, 11) is 1.59. The molecular weight excluding hydrogens is 262 g/mol. The highest BCUT2D eigenvalue weighted by atomic mass is 19.1. The third-order valence-electron chi connectivity index (χ3n) is 4.25. The minimum Gasteiger partial charge on any atom is -0.371 e. The smallest absolute Gasteiger partial charge is 0.168 e. The lowest BCUT2D eigenvalue weighted by Gasteiger charge is -2.27. The van der Waals surface area contributed by atoms with Gasteiger partial charge >= 0.3 is 0 Å². The Morgan fingerprint density at radius 1 is 1.20 bits per heavy atom. The van der Waals surface area contributed by atoms with Crippen molar-refractivity contribution in [3.63, 3.8) is 0 Å². The van der Waals surface area contributed by atoms with Crippen molar-refractivity contribution in [3.8, 4) is 0 Å².